The van der Waals surface area contributed by atoms with Crippen LogP contribution in [-0.2, 0) is 0 Å². The third kappa shape index (κ3) is 2.66. The third-order valence-electron chi connectivity index (χ3n) is 1.69. The average molecular weight is 258 g/mol. The molecule has 0 bridgehead atoms. The van der Waals surface area contributed by atoms with E-state index in [0.29, 0.717) is 5.92 Å². The zero-order valence-electron chi connectivity index (χ0n) is 6.50. The van der Waals surface area contributed by atoms with E-state index in [1.165, 1.54) is 5.56 Å². The Morgan fingerprint density at radius 1 is 1.27 bits per heavy atom. The summed E-state index contributed by atoms with van der Waals surface area (Å²) < 4.78 is 2.06. The van der Waals surface area contributed by atoms with Crippen LogP contribution < -0.4 is 0 Å². The normalized spacial score (nSPS) is 13.6. The summed E-state index contributed by atoms with van der Waals surface area (Å²) in [5, 5.41) is 0. The average Bonchev–Trinajstić information content (AvgIpc) is 2.07. The monoisotopic (exact) mass is 258 g/mol. The van der Waals surface area contributed by atoms with Crippen LogP contribution >= 0.6 is 22.6 Å². The molecule has 1 atom stereocenters. The lowest BCUT2D eigenvalue weighted by molar-refractivity contribution is 0.971. The van der Waals surface area contributed by atoms with Crippen molar-refractivity contribution in [2.24, 2.45) is 0 Å². The minimum Gasteiger partial charge on any atom is -0.0712 e. The van der Waals surface area contributed by atoms with E-state index in [4.69, 9.17) is 0 Å². The molecule has 0 aliphatic heterocycles. The van der Waals surface area contributed by atoms with Crippen molar-refractivity contribution in [3.63, 3.8) is 0 Å². The summed E-state index contributed by atoms with van der Waals surface area (Å²) in [7, 11) is 0. The van der Waals surface area contributed by atoms with Crippen molar-refractivity contribution >= 4 is 22.6 Å². The lowest BCUT2D eigenvalue weighted by Gasteiger charge is -2.04. The second-order valence-corrected chi connectivity index (χ2v) is 3.24. The van der Waals surface area contributed by atoms with Crippen LogP contribution in [-0.4, -0.2) is 0 Å². The van der Waals surface area contributed by atoms with Crippen LogP contribution in [0.15, 0.2) is 40.5 Å². The molecule has 1 aromatic rings. The molecule has 0 heterocycles. The van der Waals surface area contributed by atoms with Gasteiger partial charge in [0.1, 0.15) is 0 Å². The number of hydrogen-bond acceptors (Lipinski definition) is 0. The highest BCUT2D eigenvalue weighted by Crippen LogP contribution is 2.15. The summed E-state index contributed by atoms with van der Waals surface area (Å²) in [6.45, 7) is 2.20. The van der Waals surface area contributed by atoms with Crippen molar-refractivity contribution in [2.45, 2.75) is 12.8 Å². The molecule has 0 aliphatic rings. The highest BCUT2D eigenvalue weighted by Gasteiger charge is 1.97. The van der Waals surface area contributed by atoms with Crippen molar-refractivity contribution in [2.75, 3.05) is 0 Å². The predicted molar refractivity (Wildman–Crippen MR) is 58.0 cm³/mol. The van der Waals surface area contributed by atoms with Crippen LogP contribution in [0.25, 0.3) is 0 Å². The molecule has 0 aromatic heterocycles. The highest BCUT2D eigenvalue weighted by molar-refractivity contribution is 14.1. The fourth-order valence-corrected chi connectivity index (χ4v) is 1.60. The van der Waals surface area contributed by atoms with Crippen LogP contribution in [0.1, 0.15) is 18.4 Å². The van der Waals surface area contributed by atoms with Gasteiger partial charge in [0.05, 0.1) is 0 Å². The topological polar surface area (TPSA) is 0 Å². The maximum Gasteiger partial charge on any atom is -0.000288 e. The first kappa shape index (κ1) is 8.78. The number of hydrogen-bond donors (Lipinski definition) is 0. The Bertz CT molecular complexity index is 226. The Kier molecular flexibility index (Phi) is 3.63. The van der Waals surface area contributed by atoms with Crippen molar-refractivity contribution in [3.05, 3.63) is 46.1 Å². The molecule has 58 valence electrons. The van der Waals surface area contributed by atoms with Gasteiger partial charge in [-0.05, 0) is 15.6 Å². The Balaban J connectivity index is 2.76. The Hall–Kier alpha value is -0.310. The zero-order chi connectivity index (χ0) is 8.10. The first-order valence-electron chi connectivity index (χ1n) is 3.66. The highest BCUT2D eigenvalue weighted by atomic mass is 127. The van der Waals surface area contributed by atoms with Gasteiger partial charge >= 0.3 is 0 Å². The van der Waals surface area contributed by atoms with Crippen LogP contribution in [0, 0.1) is 0 Å². The molecular weight excluding hydrogens is 247 g/mol. The van der Waals surface area contributed by atoms with Gasteiger partial charge in [-0.1, -0.05) is 65.9 Å². The van der Waals surface area contributed by atoms with Gasteiger partial charge in [0.2, 0.25) is 0 Å². The van der Waals surface area contributed by atoms with E-state index < -0.39 is 0 Å². The van der Waals surface area contributed by atoms with Gasteiger partial charge in [-0.2, -0.15) is 0 Å². The van der Waals surface area contributed by atoms with Gasteiger partial charge in [-0.25, -0.2) is 0 Å². The van der Waals surface area contributed by atoms with E-state index in [0.717, 1.165) is 0 Å². The Morgan fingerprint density at radius 3 is 2.45 bits per heavy atom. The minimum absolute atomic E-state index is 0.535. The van der Waals surface area contributed by atoms with Gasteiger partial charge in [-0.15, -0.1) is 0 Å². The lowest BCUT2D eigenvalue weighted by Crippen LogP contribution is -1.86. The van der Waals surface area contributed by atoms with E-state index in [9.17, 15) is 0 Å². The van der Waals surface area contributed by atoms with Crippen LogP contribution in [0.4, 0.5) is 0 Å². The second-order valence-electron chi connectivity index (χ2n) is 2.52. The van der Waals surface area contributed by atoms with E-state index in [2.05, 4.69) is 63.9 Å². The van der Waals surface area contributed by atoms with Gasteiger partial charge in [0, 0.05) is 0 Å². The lowest BCUT2D eigenvalue weighted by atomic mass is 10.0. The fourth-order valence-electron chi connectivity index (χ4n) is 0.977. The summed E-state index contributed by atoms with van der Waals surface area (Å²) in [5.74, 6) is 0.535. The summed E-state index contributed by atoms with van der Waals surface area (Å²) in [5.41, 5.74) is 1.38. The molecule has 0 saturated heterocycles. The molecular formula is C10H11I. The summed E-state index contributed by atoms with van der Waals surface area (Å²) in [6, 6.07) is 10.5. The van der Waals surface area contributed by atoms with Gasteiger partial charge in [-0.3, -0.25) is 0 Å². The second kappa shape index (κ2) is 4.54. The molecule has 0 spiro atoms. The van der Waals surface area contributed by atoms with E-state index in [1.807, 2.05) is 6.07 Å². The van der Waals surface area contributed by atoms with Crippen molar-refractivity contribution < 1.29 is 0 Å². The summed E-state index contributed by atoms with van der Waals surface area (Å²) in [4.78, 5) is 0. The number of rotatable bonds is 2. The van der Waals surface area contributed by atoms with E-state index >= 15 is 0 Å². The first-order valence-corrected chi connectivity index (χ1v) is 4.91. The van der Waals surface area contributed by atoms with Crippen molar-refractivity contribution in [1.29, 1.82) is 0 Å². The SMILES string of the molecule is CC(/C=C\I)c1ccccc1. The molecule has 11 heavy (non-hydrogen) atoms. The third-order valence-corrected chi connectivity index (χ3v) is 2.10. The van der Waals surface area contributed by atoms with Gasteiger partial charge in [0.25, 0.3) is 0 Å². The molecule has 1 unspecified atom stereocenters. The molecule has 1 rings (SSSR count). The largest absolute Gasteiger partial charge is 0.0712 e. The van der Waals surface area contributed by atoms with Crippen molar-refractivity contribution in [1.82, 2.24) is 0 Å². The van der Waals surface area contributed by atoms with E-state index in [1.54, 1.807) is 0 Å². The van der Waals surface area contributed by atoms with E-state index in [-0.39, 0.29) is 0 Å². The molecule has 0 aliphatic carbocycles. The molecule has 0 fully saturated rings. The molecule has 1 heteroatoms. The molecule has 1 aromatic carbocycles. The summed E-state index contributed by atoms with van der Waals surface area (Å²) >= 11 is 2.25. The summed E-state index contributed by atoms with van der Waals surface area (Å²) in [6.07, 6.45) is 2.19. The molecule has 0 radical (unpaired) electrons. The Morgan fingerprint density at radius 2 is 1.91 bits per heavy atom. The molecule has 0 amide bonds. The van der Waals surface area contributed by atoms with Crippen LogP contribution in [0.3, 0.4) is 0 Å². The number of allylic oxidation sites excluding steroid dienone is 1. The Labute approximate surface area is 81.5 Å². The van der Waals surface area contributed by atoms with Gasteiger partial charge in [0.15, 0.2) is 0 Å². The maximum absolute atomic E-state index is 2.25. The predicted octanol–water partition coefficient (Wildman–Crippen LogP) is 3.74. The minimum atomic E-state index is 0.535. The zero-order valence-corrected chi connectivity index (χ0v) is 8.65. The van der Waals surface area contributed by atoms with Crippen molar-refractivity contribution in [3.8, 4) is 0 Å². The fraction of sp³-hybridized carbons (Fsp3) is 0.200. The molecule has 0 saturated carbocycles. The maximum atomic E-state index is 2.25. The van der Waals surface area contributed by atoms with Crippen LogP contribution in [0.5, 0.6) is 0 Å². The number of halogens is 1. The van der Waals surface area contributed by atoms with Gasteiger partial charge < -0.3 is 0 Å². The van der Waals surface area contributed by atoms with Crippen LogP contribution in [0.2, 0.25) is 0 Å². The number of benzene rings is 1. The molecule has 0 nitrogen and oxygen atoms in total. The standard InChI is InChI=1S/C10H11I/c1-9(7-8-11)10-5-3-2-4-6-10/h2-9H,1H3/b8-7-. The quantitative estimate of drug-likeness (QED) is 0.709. The first-order chi connectivity index (χ1) is 5.34. The smallest absolute Gasteiger partial charge is 0.000288 e. The molecule has 0 N–H and O–H groups in total.